The molecule has 0 unspecified atom stereocenters. The van der Waals surface area contributed by atoms with Gasteiger partial charge in [-0.05, 0) is 36.5 Å². The standard InChI is InChI=1S/C23H28N2O3/c1-5-8-11-25-17(26)13-16(10-7-3)19-21(25)23(28)20-18(22(19)27)15(9-6-2)12-14(4)24-20/h12-13,24H,4-11H2,1-3H3. The highest BCUT2D eigenvalue weighted by Crippen LogP contribution is 2.35. The molecule has 0 aromatic carbocycles. The van der Waals surface area contributed by atoms with Crippen LogP contribution in [0.1, 0.15) is 79.3 Å². The van der Waals surface area contributed by atoms with Crippen LogP contribution in [0.5, 0.6) is 0 Å². The normalized spacial score (nSPS) is 16.0. The second kappa shape index (κ2) is 8.13. The average Bonchev–Trinajstić information content (AvgIpc) is 2.65. The Bertz CT molecular complexity index is 976. The smallest absolute Gasteiger partial charge is 0.251 e. The Morgan fingerprint density at radius 1 is 1.00 bits per heavy atom. The van der Waals surface area contributed by atoms with Crippen LogP contribution in [0.25, 0.3) is 0 Å². The molecule has 28 heavy (non-hydrogen) atoms. The molecule has 0 saturated heterocycles. The number of aryl methyl sites for hydroxylation is 1. The largest absolute Gasteiger partial charge is 0.352 e. The van der Waals surface area contributed by atoms with Crippen molar-refractivity contribution in [3.05, 3.63) is 68.4 Å². The molecule has 0 bridgehead atoms. The van der Waals surface area contributed by atoms with E-state index < -0.39 is 0 Å². The lowest BCUT2D eigenvalue weighted by molar-refractivity contribution is 0.0960. The van der Waals surface area contributed by atoms with Gasteiger partial charge in [-0.1, -0.05) is 46.6 Å². The number of pyridine rings is 1. The van der Waals surface area contributed by atoms with Gasteiger partial charge >= 0.3 is 0 Å². The Morgan fingerprint density at radius 2 is 1.71 bits per heavy atom. The van der Waals surface area contributed by atoms with Crippen molar-refractivity contribution in [2.75, 3.05) is 0 Å². The van der Waals surface area contributed by atoms with Crippen molar-refractivity contribution >= 4 is 11.6 Å². The summed E-state index contributed by atoms with van der Waals surface area (Å²) >= 11 is 0. The van der Waals surface area contributed by atoms with Gasteiger partial charge in [0.15, 0.2) is 5.78 Å². The van der Waals surface area contributed by atoms with Crippen LogP contribution in [0.3, 0.4) is 0 Å². The Balaban J connectivity index is 2.28. The van der Waals surface area contributed by atoms with Gasteiger partial charge in [-0.2, -0.15) is 0 Å². The number of carbonyl (C=O) groups excluding carboxylic acids is 2. The number of nitrogens with zero attached hydrogens (tertiary/aromatic N) is 1. The van der Waals surface area contributed by atoms with Crippen LogP contribution in [0.4, 0.5) is 0 Å². The summed E-state index contributed by atoms with van der Waals surface area (Å²) in [5.41, 5.74) is 3.29. The molecule has 5 nitrogen and oxygen atoms in total. The molecule has 5 heteroatoms. The quantitative estimate of drug-likeness (QED) is 0.774. The fraction of sp³-hybridized carbons (Fsp3) is 0.435. The lowest BCUT2D eigenvalue weighted by Crippen LogP contribution is -2.39. The molecule has 1 aliphatic carbocycles. The van der Waals surface area contributed by atoms with Crippen molar-refractivity contribution in [2.24, 2.45) is 0 Å². The summed E-state index contributed by atoms with van der Waals surface area (Å²) in [6.07, 6.45) is 6.48. The molecule has 2 aliphatic rings. The van der Waals surface area contributed by atoms with Crippen molar-refractivity contribution < 1.29 is 9.59 Å². The number of ketones is 2. The van der Waals surface area contributed by atoms with E-state index in [0.717, 1.165) is 31.3 Å². The highest BCUT2D eigenvalue weighted by Gasteiger charge is 2.39. The van der Waals surface area contributed by atoms with Crippen LogP contribution in [0.15, 0.2) is 46.1 Å². The molecule has 0 saturated carbocycles. The van der Waals surface area contributed by atoms with E-state index in [1.807, 2.05) is 26.8 Å². The predicted octanol–water partition coefficient (Wildman–Crippen LogP) is 4.08. The minimum atomic E-state index is -0.279. The Kier molecular flexibility index (Phi) is 5.82. The first-order chi connectivity index (χ1) is 13.4. The first-order valence-electron chi connectivity index (χ1n) is 10.2. The maximum absolute atomic E-state index is 13.6. The third-order valence-corrected chi connectivity index (χ3v) is 5.27. The van der Waals surface area contributed by atoms with E-state index in [2.05, 4.69) is 11.9 Å². The first-order valence-corrected chi connectivity index (χ1v) is 10.2. The van der Waals surface area contributed by atoms with Gasteiger partial charge in [0.05, 0.1) is 11.1 Å². The van der Waals surface area contributed by atoms with E-state index in [0.29, 0.717) is 41.8 Å². The fourth-order valence-electron chi connectivity index (χ4n) is 4.03. The molecular formula is C23H28N2O3. The van der Waals surface area contributed by atoms with Gasteiger partial charge in [-0.25, -0.2) is 0 Å². The van der Waals surface area contributed by atoms with Crippen LogP contribution in [0.2, 0.25) is 0 Å². The zero-order chi connectivity index (χ0) is 20.4. The minimum Gasteiger partial charge on any atom is -0.352 e. The Hall–Kier alpha value is -2.69. The van der Waals surface area contributed by atoms with Gasteiger partial charge in [0.1, 0.15) is 11.4 Å². The highest BCUT2D eigenvalue weighted by molar-refractivity contribution is 6.28. The van der Waals surface area contributed by atoms with Gasteiger partial charge in [0.2, 0.25) is 5.78 Å². The summed E-state index contributed by atoms with van der Waals surface area (Å²) in [7, 11) is 0. The molecule has 3 rings (SSSR count). The number of unbranched alkanes of at least 4 members (excludes halogenated alkanes) is 1. The van der Waals surface area contributed by atoms with E-state index in [9.17, 15) is 14.4 Å². The molecule has 1 N–H and O–H groups in total. The number of Topliss-reactive ketones (excluding diaryl/α,β-unsaturated/α-hetero) is 2. The lowest BCUT2D eigenvalue weighted by atomic mass is 9.80. The van der Waals surface area contributed by atoms with Crippen LogP contribution in [-0.4, -0.2) is 16.1 Å². The second-order valence-corrected chi connectivity index (χ2v) is 7.46. The van der Waals surface area contributed by atoms with Crippen molar-refractivity contribution in [3.8, 4) is 0 Å². The van der Waals surface area contributed by atoms with Crippen molar-refractivity contribution in [2.45, 2.75) is 65.8 Å². The molecule has 1 aromatic rings. The van der Waals surface area contributed by atoms with Gasteiger partial charge in [-0.15, -0.1) is 0 Å². The van der Waals surface area contributed by atoms with Gasteiger partial charge in [0.25, 0.3) is 5.56 Å². The van der Waals surface area contributed by atoms with Crippen LogP contribution in [-0.2, 0) is 13.0 Å². The monoisotopic (exact) mass is 380 g/mol. The van der Waals surface area contributed by atoms with E-state index in [1.54, 1.807) is 6.07 Å². The highest BCUT2D eigenvalue weighted by atomic mass is 16.1. The molecule has 0 radical (unpaired) electrons. The molecule has 0 amide bonds. The molecule has 1 aliphatic heterocycles. The number of aromatic nitrogens is 1. The lowest BCUT2D eigenvalue weighted by Gasteiger charge is -2.30. The minimum absolute atomic E-state index is 0.155. The number of rotatable bonds is 7. The second-order valence-electron chi connectivity index (χ2n) is 7.46. The summed E-state index contributed by atoms with van der Waals surface area (Å²) in [5.74, 6) is -0.434. The van der Waals surface area contributed by atoms with Crippen molar-refractivity contribution in [3.63, 3.8) is 0 Å². The zero-order valence-electron chi connectivity index (χ0n) is 17.0. The Morgan fingerprint density at radius 3 is 2.36 bits per heavy atom. The van der Waals surface area contributed by atoms with E-state index >= 15 is 0 Å². The average molecular weight is 380 g/mol. The van der Waals surface area contributed by atoms with E-state index in [4.69, 9.17) is 0 Å². The number of nitrogens with one attached hydrogen (secondary N) is 1. The maximum Gasteiger partial charge on any atom is 0.251 e. The van der Waals surface area contributed by atoms with Gasteiger partial charge in [0, 0.05) is 18.3 Å². The molecule has 2 heterocycles. The number of carbonyl (C=O) groups is 2. The van der Waals surface area contributed by atoms with Crippen LogP contribution < -0.4 is 10.9 Å². The summed E-state index contributed by atoms with van der Waals surface area (Å²) < 4.78 is 1.49. The maximum atomic E-state index is 13.6. The molecule has 0 spiro atoms. The van der Waals surface area contributed by atoms with Crippen molar-refractivity contribution in [1.82, 2.24) is 9.88 Å². The molecular weight excluding hydrogens is 352 g/mol. The summed E-state index contributed by atoms with van der Waals surface area (Å²) in [5, 5.41) is 3.01. The van der Waals surface area contributed by atoms with Crippen LogP contribution >= 0.6 is 0 Å². The number of allylic oxidation sites excluding steroid dienone is 4. The third kappa shape index (κ3) is 3.30. The predicted molar refractivity (Wildman–Crippen MR) is 111 cm³/mol. The SMILES string of the molecule is C=C1C=C(CCC)C2=C(N1)C(=O)c1c(c(CCC)cc(=O)n1CCCC)C2=O. The molecule has 1 aromatic heterocycles. The summed E-state index contributed by atoms with van der Waals surface area (Å²) in [6.45, 7) is 10.4. The van der Waals surface area contributed by atoms with Gasteiger partial charge < -0.3 is 9.88 Å². The van der Waals surface area contributed by atoms with E-state index in [-0.39, 0.29) is 28.5 Å². The topological polar surface area (TPSA) is 68.2 Å². The zero-order valence-corrected chi connectivity index (χ0v) is 17.0. The van der Waals surface area contributed by atoms with Crippen LogP contribution in [0, 0.1) is 0 Å². The first kappa shape index (κ1) is 20.1. The van der Waals surface area contributed by atoms with Gasteiger partial charge in [-0.3, -0.25) is 14.4 Å². The number of hydrogen-bond donors (Lipinski definition) is 1. The van der Waals surface area contributed by atoms with E-state index in [1.165, 1.54) is 4.57 Å². The number of fused-ring (bicyclic) bond motifs is 1. The third-order valence-electron chi connectivity index (χ3n) is 5.27. The number of dihydropyridines is 1. The molecule has 0 atom stereocenters. The fourth-order valence-corrected chi connectivity index (χ4v) is 4.03. The summed E-state index contributed by atoms with van der Waals surface area (Å²) in [4.78, 5) is 39.8. The Labute approximate surface area is 165 Å². The summed E-state index contributed by atoms with van der Waals surface area (Å²) in [6, 6.07) is 1.55. The number of hydrogen-bond acceptors (Lipinski definition) is 4. The van der Waals surface area contributed by atoms with Crippen molar-refractivity contribution in [1.29, 1.82) is 0 Å². The molecule has 148 valence electrons. The molecule has 0 fully saturated rings.